The number of carbonyl (C=O) groups is 3. The number of nitrogens with one attached hydrogen (secondary N) is 1. The van der Waals surface area contributed by atoms with Crippen LogP contribution in [0.4, 0.5) is 11.6 Å². The van der Waals surface area contributed by atoms with E-state index in [-0.39, 0.29) is 18.4 Å². The van der Waals surface area contributed by atoms with Gasteiger partial charge in [-0.15, -0.1) is 28.5 Å². The number of esters is 1. The average Bonchev–Trinajstić information content (AvgIpc) is 3.32. The molecule has 0 saturated heterocycles. The van der Waals surface area contributed by atoms with Crippen LogP contribution in [0, 0.1) is 6.92 Å². The van der Waals surface area contributed by atoms with E-state index in [0.29, 0.717) is 11.6 Å². The summed E-state index contributed by atoms with van der Waals surface area (Å²) in [6.45, 7) is 15.7. The van der Waals surface area contributed by atoms with Crippen molar-refractivity contribution >= 4 is 31.2 Å². The second-order valence-corrected chi connectivity index (χ2v) is 5.34. The molecule has 0 radical (unpaired) electrons. The summed E-state index contributed by atoms with van der Waals surface area (Å²) in [7, 11) is 3.45. The van der Waals surface area contributed by atoms with E-state index in [1.54, 1.807) is 21.0 Å². The zero-order chi connectivity index (χ0) is 25.1. The van der Waals surface area contributed by atoms with Crippen molar-refractivity contribution in [3.63, 3.8) is 0 Å². The molecule has 11 heteroatoms. The van der Waals surface area contributed by atoms with E-state index in [9.17, 15) is 4.79 Å². The van der Waals surface area contributed by atoms with E-state index < -0.39 is 5.97 Å². The molecule has 0 unspecified atom stereocenters. The number of nitrogens with zero attached hydrogens (tertiary/aromatic N) is 5. The molecule has 0 saturated carbocycles. The Morgan fingerprint density at radius 3 is 2.31 bits per heavy atom. The van der Waals surface area contributed by atoms with Gasteiger partial charge in [0.15, 0.2) is 0 Å². The highest BCUT2D eigenvalue weighted by molar-refractivity contribution is 5.85. The normalized spacial score (nSPS) is 10.2. The molecule has 1 N–H and O–H groups in total. The molecule has 0 spiro atoms. The highest BCUT2D eigenvalue weighted by Crippen LogP contribution is 2.24. The molecule has 0 aliphatic heterocycles. The third-order valence-corrected chi connectivity index (χ3v) is 3.52. The summed E-state index contributed by atoms with van der Waals surface area (Å²) in [4.78, 5) is 33.4. The maximum absolute atomic E-state index is 11.6. The lowest BCUT2D eigenvalue weighted by molar-refractivity contribution is -0.0987. The van der Waals surface area contributed by atoms with E-state index in [1.807, 2.05) is 56.7 Å². The van der Waals surface area contributed by atoms with Crippen LogP contribution < -0.4 is 4.90 Å². The molecular formula is C21H30N6O5. The van der Waals surface area contributed by atoms with E-state index in [1.165, 1.54) is 0 Å². The molecule has 0 aliphatic rings. The van der Waals surface area contributed by atoms with Gasteiger partial charge < -0.3 is 24.0 Å². The van der Waals surface area contributed by atoms with Crippen LogP contribution in [0.25, 0.3) is 0 Å². The number of azo groups is 1. The van der Waals surface area contributed by atoms with Crippen LogP contribution in [-0.4, -0.2) is 55.5 Å². The van der Waals surface area contributed by atoms with Crippen LogP contribution in [0.15, 0.2) is 59.2 Å². The summed E-state index contributed by atoms with van der Waals surface area (Å²) in [5, 5.41) is 14.3. The standard InChI is InChI=1S/C17H22N6O3.C2H4.2CH2O/c1-6-26-16(24)14-18-17(22-20-14)21-19-12(3)15(25-5)23(4)13-10-8-7-9-11(13)2;3*1-2/h7-10H,6H2,1-5H3,(H,18,20,22);1-2H2;2*1H2/b15-12-,21-19?;;;. The van der Waals surface area contributed by atoms with Gasteiger partial charge in [0.05, 0.1) is 13.7 Å². The Bertz CT molecular complexity index is 876. The Kier molecular flexibility index (Phi) is 16.6. The number of hydrogen-bond donors (Lipinski definition) is 1. The van der Waals surface area contributed by atoms with Crippen molar-refractivity contribution in [2.24, 2.45) is 10.2 Å². The van der Waals surface area contributed by atoms with Gasteiger partial charge in [0, 0.05) is 12.7 Å². The lowest BCUT2D eigenvalue weighted by atomic mass is 10.2. The van der Waals surface area contributed by atoms with Gasteiger partial charge in [-0.1, -0.05) is 18.2 Å². The first-order valence-electron chi connectivity index (χ1n) is 9.11. The number of anilines is 1. The lowest BCUT2D eigenvalue weighted by Crippen LogP contribution is -2.20. The maximum Gasteiger partial charge on any atom is 0.375 e. The first kappa shape index (κ1) is 30.0. The fourth-order valence-corrected chi connectivity index (χ4v) is 2.33. The van der Waals surface area contributed by atoms with Crippen molar-refractivity contribution in [3.8, 4) is 0 Å². The summed E-state index contributed by atoms with van der Waals surface area (Å²) in [6.07, 6.45) is 0. The molecule has 32 heavy (non-hydrogen) atoms. The first-order chi connectivity index (χ1) is 15.5. The third-order valence-electron chi connectivity index (χ3n) is 3.52. The highest BCUT2D eigenvalue weighted by Gasteiger charge is 2.14. The molecular weight excluding hydrogens is 416 g/mol. The second-order valence-electron chi connectivity index (χ2n) is 5.34. The van der Waals surface area contributed by atoms with E-state index in [0.717, 1.165) is 11.3 Å². The van der Waals surface area contributed by atoms with Crippen molar-refractivity contribution < 1.29 is 23.9 Å². The van der Waals surface area contributed by atoms with Gasteiger partial charge in [-0.3, -0.25) is 5.10 Å². The Balaban J connectivity index is 0. The first-order valence-corrected chi connectivity index (χ1v) is 9.11. The number of methoxy groups -OCH3 is 1. The summed E-state index contributed by atoms with van der Waals surface area (Å²) < 4.78 is 10.3. The third kappa shape index (κ3) is 9.11. The van der Waals surface area contributed by atoms with Crippen molar-refractivity contribution in [2.75, 3.05) is 25.7 Å². The second kappa shape index (κ2) is 17.7. The van der Waals surface area contributed by atoms with Crippen LogP contribution in [0.3, 0.4) is 0 Å². The van der Waals surface area contributed by atoms with E-state index >= 15 is 0 Å². The molecule has 2 rings (SSSR count). The number of benzene rings is 1. The number of ether oxygens (including phenoxy) is 2. The minimum absolute atomic E-state index is 0.0218. The minimum atomic E-state index is -0.592. The number of allylic oxidation sites excluding steroid dienone is 1. The molecule has 1 aromatic heterocycles. The van der Waals surface area contributed by atoms with Crippen molar-refractivity contribution in [1.82, 2.24) is 15.2 Å². The number of aromatic amines is 1. The Hall–Kier alpha value is -4.15. The zero-order valence-corrected chi connectivity index (χ0v) is 19.1. The summed E-state index contributed by atoms with van der Waals surface area (Å²) in [6, 6.07) is 7.92. The topological polar surface area (TPSA) is 139 Å². The smallest absolute Gasteiger partial charge is 0.375 e. The van der Waals surface area contributed by atoms with Crippen LogP contribution >= 0.6 is 0 Å². The predicted octanol–water partition coefficient (Wildman–Crippen LogP) is 3.78. The number of rotatable bonds is 7. The fraction of sp³-hybridized carbons (Fsp3) is 0.286. The number of hydrogen-bond acceptors (Lipinski definition) is 10. The van der Waals surface area contributed by atoms with E-state index in [4.69, 9.17) is 19.1 Å². The molecule has 11 nitrogen and oxygen atoms in total. The van der Waals surface area contributed by atoms with Crippen LogP contribution in [0.1, 0.15) is 30.0 Å². The Labute approximate surface area is 187 Å². The molecule has 1 heterocycles. The Morgan fingerprint density at radius 1 is 1.19 bits per heavy atom. The monoisotopic (exact) mass is 446 g/mol. The van der Waals surface area contributed by atoms with Gasteiger partial charge in [0.1, 0.15) is 19.3 Å². The number of aryl methyl sites for hydroxylation is 1. The summed E-state index contributed by atoms with van der Waals surface area (Å²) in [5.74, 6) is -0.0531. The number of H-pyrrole nitrogens is 1. The van der Waals surface area contributed by atoms with Gasteiger partial charge in [-0.05, 0) is 32.4 Å². The summed E-state index contributed by atoms with van der Waals surface area (Å²) >= 11 is 0. The van der Waals surface area contributed by atoms with Crippen molar-refractivity contribution in [1.29, 1.82) is 0 Å². The zero-order valence-electron chi connectivity index (χ0n) is 19.1. The van der Waals surface area contributed by atoms with Gasteiger partial charge >= 0.3 is 5.97 Å². The summed E-state index contributed by atoms with van der Waals surface area (Å²) in [5.41, 5.74) is 2.62. The molecule has 0 atom stereocenters. The van der Waals surface area contributed by atoms with Crippen LogP contribution in [0.2, 0.25) is 0 Å². The highest BCUT2D eigenvalue weighted by atomic mass is 16.5. The number of carbonyl (C=O) groups excluding carboxylic acids is 3. The largest absolute Gasteiger partial charge is 0.481 e. The van der Waals surface area contributed by atoms with Crippen LogP contribution in [0.5, 0.6) is 0 Å². The molecule has 0 aliphatic carbocycles. The van der Waals surface area contributed by atoms with Crippen molar-refractivity contribution in [2.45, 2.75) is 20.8 Å². The molecule has 2 aromatic rings. The van der Waals surface area contributed by atoms with Crippen molar-refractivity contribution in [3.05, 3.63) is 60.4 Å². The quantitative estimate of drug-likeness (QED) is 0.293. The van der Waals surface area contributed by atoms with Gasteiger partial charge in [0.2, 0.25) is 11.7 Å². The Morgan fingerprint density at radius 2 is 1.78 bits per heavy atom. The molecule has 0 bridgehead atoms. The average molecular weight is 447 g/mol. The lowest BCUT2D eigenvalue weighted by Gasteiger charge is -2.23. The number of aromatic nitrogens is 3. The predicted molar refractivity (Wildman–Crippen MR) is 122 cm³/mol. The molecule has 1 aromatic carbocycles. The van der Waals surface area contributed by atoms with Crippen LogP contribution in [-0.2, 0) is 19.1 Å². The molecule has 0 fully saturated rings. The van der Waals surface area contributed by atoms with Gasteiger partial charge in [-0.2, -0.15) is 4.98 Å². The van der Waals surface area contributed by atoms with Gasteiger partial charge in [-0.25, -0.2) is 4.79 Å². The van der Waals surface area contributed by atoms with E-state index in [2.05, 4.69) is 38.6 Å². The minimum Gasteiger partial charge on any atom is -0.481 e. The molecule has 174 valence electrons. The number of para-hydroxylation sites is 1. The maximum atomic E-state index is 11.6. The molecule has 0 amide bonds. The SMILES string of the molecule is C=C.C=O.C=O.CCOC(=O)c1nc(N=N/C(C)=C(\OC)N(C)c2ccccc2C)n[nH]1. The fourth-order valence-electron chi connectivity index (χ4n) is 2.33. The van der Waals surface area contributed by atoms with Gasteiger partial charge in [0.25, 0.3) is 5.95 Å².